The van der Waals surface area contributed by atoms with Gasteiger partial charge in [-0.05, 0) is 37.8 Å². The van der Waals surface area contributed by atoms with Crippen molar-refractivity contribution in [2.45, 2.75) is 59.4 Å². The average Bonchev–Trinajstić information content (AvgIpc) is 2.35. The van der Waals surface area contributed by atoms with Gasteiger partial charge in [0.15, 0.2) is 0 Å². The number of nitrogens with one attached hydrogen (secondary N) is 2. The Morgan fingerprint density at radius 3 is 2.25 bits per heavy atom. The van der Waals surface area contributed by atoms with Crippen LogP contribution in [0, 0.1) is 10.8 Å². The van der Waals surface area contributed by atoms with Crippen molar-refractivity contribution < 1.29 is 14.7 Å². The van der Waals surface area contributed by atoms with Crippen LogP contribution in [0.2, 0.25) is 0 Å². The van der Waals surface area contributed by atoms with E-state index in [1.165, 1.54) is 0 Å². The first kappa shape index (κ1) is 17.0. The van der Waals surface area contributed by atoms with Crippen molar-refractivity contribution in [3.05, 3.63) is 0 Å². The molecular formula is C15H28N2O3. The summed E-state index contributed by atoms with van der Waals surface area (Å²) in [5, 5.41) is 15.4. The fourth-order valence-corrected chi connectivity index (χ4v) is 2.91. The van der Waals surface area contributed by atoms with Crippen LogP contribution in [0.25, 0.3) is 0 Å². The Morgan fingerprint density at radius 1 is 1.30 bits per heavy atom. The third kappa shape index (κ3) is 3.95. The minimum atomic E-state index is -0.966. The predicted molar refractivity (Wildman–Crippen MR) is 78.5 cm³/mol. The van der Waals surface area contributed by atoms with E-state index in [1.54, 1.807) is 0 Å². The standard InChI is InChI=1S/C15H28N2O3/c1-5-6-15(7-9-16-10-8-15)13(20)17-11(12(18)19)14(2,3)4/h11,16H,5-10H2,1-4H3,(H,17,20)(H,18,19)/t11-/m0/s1. The maximum atomic E-state index is 12.7. The van der Waals surface area contributed by atoms with E-state index in [0.717, 1.165) is 38.8 Å². The Bertz CT molecular complexity index is 349. The van der Waals surface area contributed by atoms with Gasteiger partial charge in [-0.3, -0.25) is 4.79 Å². The highest BCUT2D eigenvalue weighted by Gasteiger charge is 2.42. The van der Waals surface area contributed by atoms with Crippen LogP contribution in [0.15, 0.2) is 0 Å². The molecule has 5 heteroatoms. The minimum Gasteiger partial charge on any atom is -0.480 e. The van der Waals surface area contributed by atoms with Gasteiger partial charge in [0.05, 0.1) is 5.41 Å². The van der Waals surface area contributed by atoms with E-state index in [1.807, 2.05) is 20.8 Å². The smallest absolute Gasteiger partial charge is 0.326 e. The lowest BCUT2D eigenvalue weighted by atomic mass is 9.74. The highest BCUT2D eigenvalue weighted by Crippen LogP contribution is 2.35. The van der Waals surface area contributed by atoms with Gasteiger partial charge in [0, 0.05) is 0 Å². The summed E-state index contributed by atoms with van der Waals surface area (Å²) < 4.78 is 0. The van der Waals surface area contributed by atoms with Gasteiger partial charge in [0.25, 0.3) is 0 Å². The van der Waals surface area contributed by atoms with E-state index in [4.69, 9.17) is 0 Å². The van der Waals surface area contributed by atoms with Crippen LogP contribution in [0.1, 0.15) is 53.4 Å². The van der Waals surface area contributed by atoms with Crippen LogP contribution in [-0.2, 0) is 9.59 Å². The molecular weight excluding hydrogens is 256 g/mol. The number of carbonyl (C=O) groups excluding carboxylic acids is 1. The minimum absolute atomic E-state index is 0.0943. The van der Waals surface area contributed by atoms with Crippen LogP contribution in [0.3, 0.4) is 0 Å². The van der Waals surface area contributed by atoms with E-state index in [2.05, 4.69) is 17.6 Å². The number of carbonyl (C=O) groups is 2. The highest BCUT2D eigenvalue weighted by atomic mass is 16.4. The Labute approximate surface area is 121 Å². The lowest BCUT2D eigenvalue weighted by molar-refractivity contribution is -0.147. The first-order valence-electron chi connectivity index (χ1n) is 7.47. The zero-order valence-corrected chi connectivity index (χ0v) is 13.1. The molecule has 116 valence electrons. The monoisotopic (exact) mass is 284 g/mol. The second-order valence-corrected chi connectivity index (χ2v) is 6.89. The van der Waals surface area contributed by atoms with Crippen LogP contribution >= 0.6 is 0 Å². The van der Waals surface area contributed by atoms with E-state index in [9.17, 15) is 14.7 Å². The Morgan fingerprint density at radius 2 is 1.85 bits per heavy atom. The summed E-state index contributed by atoms with van der Waals surface area (Å²) in [6.45, 7) is 9.21. The zero-order chi connectivity index (χ0) is 15.4. The van der Waals surface area contributed by atoms with Gasteiger partial charge >= 0.3 is 5.97 Å². The third-order valence-electron chi connectivity index (χ3n) is 4.16. The van der Waals surface area contributed by atoms with Crippen molar-refractivity contribution in [3.63, 3.8) is 0 Å². The molecule has 1 amide bonds. The molecule has 1 heterocycles. The lowest BCUT2D eigenvalue weighted by Gasteiger charge is -2.38. The van der Waals surface area contributed by atoms with E-state index >= 15 is 0 Å². The molecule has 0 aliphatic carbocycles. The number of amides is 1. The molecule has 3 N–H and O–H groups in total. The van der Waals surface area contributed by atoms with Gasteiger partial charge < -0.3 is 15.7 Å². The summed E-state index contributed by atoms with van der Waals surface area (Å²) in [4.78, 5) is 24.1. The summed E-state index contributed by atoms with van der Waals surface area (Å²) in [6, 6.07) is -0.849. The number of piperidine rings is 1. The maximum Gasteiger partial charge on any atom is 0.326 e. The van der Waals surface area contributed by atoms with Gasteiger partial charge in [-0.25, -0.2) is 4.79 Å². The average molecular weight is 284 g/mol. The highest BCUT2D eigenvalue weighted by molar-refractivity contribution is 5.88. The molecule has 0 aromatic heterocycles. The van der Waals surface area contributed by atoms with Gasteiger partial charge in [-0.1, -0.05) is 34.1 Å². The quantitative estimate of drug-likeness (QED) is 0.719. The van der Waals surface area contributed by atoms with E-state index in [-0.39, 0.29) is 5.91 Å². The van der Waals surface area contributed by atoms with Crippen molar-refractivity contribution in [1.29, 1.82) is 0 Å². The molecule has 0 radical (unpaired) electrons. The topological polar surface area (TPSA) is 78.4 Å². The first-order valence-corrected chi connectivity index (χ1v) is 7.47. The normalized spacial score (nSPS) is 20.2. The van der Waals surface area contributed by atoms with Crippen molar-refractivity contribution in [1.82, 2.24) is 10.6 Å². The summed E-state index contributed by atoms with van der Waals surface area (Å²) in [5.74, 6) is -1.06. The third-order valence-corrected chi connectivity index (χ3v) is 4.16. The van der Waals surface area contributed by atoms with Crippen molar-refractivity contribution in [2.24, 2.45) is 10.8 Å². The van der Waals surface area contributed by atoms with Crippen molar-refractivity contribution in [3.8, 4) is 0 Å². The lowest BCUT2D eigenvalue weighted by Crippen LogP contribution is -2.55. The number of carboxylic acid groups (broad SMARTS) is 1. The molecule has 0 aromatic carbocycles. The SMILES string of the molecule is CCCC1(C(=O)N[C@@H](C(=O)O)C(C)(C)C)CCNCC1. The van der Waals surface area contributed by atoms with E-state index < -0.39 is 22.8 Å². The molecule has 0 spiro atoms. The largest absolute Gasteiger partial charge is 0.480 e. The second-order valence-electron chi connectivity index (χ2n) is 6.89. The number of hydrogen-bond acceptors (Lipinski definition) is 3. The summed E-state index contributed by atoms with van der Waals surface area (Å²) in [5.41, 5.74) is -0.902. The summed E-state index contributed by atoms with van der Waals surface area (Å²) in [6.07, 6.45) is 3.31. The Balaban J connectivity index is 2.87. The van der Waals surface area contributed by atoms with E-state index in [0.29, 0.717) is 0 Å². The summed E-state index contributed by atoms with van der Waals surface area (Å²) >= 11 is 0. The molecule has 1 aliphatic rings. The van der Waals surface area contributed by atoms with Crippen LogP contribution < -0.4 is 10.6 Å². The fraction of sp³-hybridized carbons (Fsp3) is 0.867. The molecule has 0 unspecified atom stereocenters. The number of rotatable bonds is 5. The number of hydrogen-bond donors (Lipinski definition) is 3. The van der Waals surface area contributed by atoms with Gasteiger partial charge in [0.2, 0.25) is 5.91 Å². The molecule has 1 saturated heterocycles. The fourth-order valence-electron chi connectivity index (χ4n) is 2.91. The predicted octanol–water partition coefficient (Wildman–Crippen LogP) is 1.77. The zero-order valence-electron chi connectivity index (χ0n) is 13.1. The molecule has 5 nitrogen and oxygen atoms in total. The molecule has 1 aliphatic heterocycles. The van der Waals surface area contributed by atoms with Gasteiger partial charge in [0.1, 0.15) is 6.04 Å². The van der Waals surface area contributed by atoms with Crippen molar-refractivity contribution >= 4 is 11.9 Å². The van der Waals surface area contributed by atoms with Crippen molar-refractivity contribution in [2.75, 3.05) is 13.1 Å². The van der Waals surface area contributed by atoms with Gasteiger partial charge in [-0.2, -0.15) is 0 Å². The molecule has 0 bridgehead atoms. The molecule has 0 aromatic rings. The molecule has 0 saturated carbocycles. The first-order chi connectivity index (χ1) is 9.23. The summed E-state index contributed by atoms with van der Waals surface area (Å²) in [7, 11) is 0. The molecule has 1 atom stereocenters. The maximum absolute atomic E-state index is 12.7. The number of carboxylic acids is 1. The molecule has 20 heavy (non-hydrogen) atoms. The van der Waals surface area contributed by atoms with Gasteiger partial charge in [-0.15, -0.1) is 0 Å². The molecule has 1 fully saturated rings. The van der Waals surface area contributed by atoms with Crippen LogP contribution in [0.4, 0.5) is 0 Å². The Hall–Kier alpha value is -1.10. The number of aliphatic carboxylic acids is 1. The van der Waals surface area contributed by atoms with Crippen LogP contribution in [-0.4, -0.2) is 36.1 Å². The molecule has 1 rings (SSSR count). The van der Waals surface area contributed by atoms with Crippen LogP contribution in [0.5, 0.6) is 0 Å². The second kappa shape index (κ2) is 6.57. The Kier molecular flexibility index (Phi) is 5.57.